The molecule has 0 aliphatic carbocycles. The Labute approximate surface area is 267 Å². The predicted octanol–water partition coefficient (Wildman–Crippen LogP) is 7.28. The Morgan fingerprint density at radius 1 is 1.00 bits per heavy atom. The van der Waals surface area contributed by atoms with Crippen LogP contribution < -0.4 is 15.0 Å². The number of rotatable bonds is 4. The van der Waals surface area contributed by atoms with Crippen molar-refractivity contribution in [2.75, 3.05) is 38.2 Å². The van der Waals surface area contributed by atoms with E-state index in [1.807, 2.05) is 0 Å². The zero-order valence-corrected chi connectivity index (χ0v) is 25.9. The lowest BCUT2D eigenvalue weighted by Crippen LogP contribution is -2.51. The number of halogens is 8. The standard InChI is InChI=1S/C24H18F7N5OS.C7H12FN/c1-37-23-34-17-12(21(35-23)36-7-9-2-3-10(8-36)32-9)6-13(24(29,30)31)15(16(17)26)11-4-5-14(25)19-18(11)33-22(38-19)20(27)28;8-6-4-7-2-1-3-9(7)5-6/h4-6,9-10,20,32H,2-3,7-8H2,1H3;6-7H,1-5H2. The highest BCUT2D eigenvalue weighted by atomic mass is 32.1. The Kier molecular flexibility index (Phi) is 8.40. The van der Waals surface area contributed by atoms with Crippen LogP contribution in [0.3, 0.4) is 0 Å². The number of piperazine rings is 1. The van der Waals surface area contributed by atoms with Crippen LogP contribution in [-0.2, 0) is 6.18 Å². The van der Waals surface area contributed by atoms with E-state index in [2.05, 4.69) is 25.2 Å². The number of fused-ring (bicyclic) bond motifs is 5. The zero-order valence-electron chi connectivity index (χ0n) is 25.1. The van der Waals surface area contributed by atoms with Crippen LogP contribution in [-0.4, -0.2) is 77.4 Å². The summed E-state index contributed by atoms with van der Waals surface area (Å²) in [6.45, 7) is 2.75. The largest absolute Gasteiger partial charge is 0.467 e. The number of anilines is 1. The third-order valence-corrected chi connectivity index (χ3v) is 10.4. The van der Waals surface area contributed by atoms with Crippen LogP contribution in [0.4, 0.5) is 40.9 Å². The van der Waals surface area contributed by atoms with Crippen molar-refractivity contribution in [1.29, 1.82) is 0 Å². The van der Waals surface area contributed by atoms with E-state index in [9.17, 15) is 30.7 Å². The van der Waals surface area contributed by atoms with Crippen molar-refractivity contribution in [1.82, 2.24) is 25.2 Å². The van der Waals surface area contributed by atoms with Crippen LogP contribution in [0.15, 0.2) is 18.2 Å². The molecule has 8 rings (SSSR count). The fourth-order valence-electron chi connectivity index (χ4n) is 7.29. The molecule has 4 unspecified atom stereocenters. The van der Waals surface area contributed by atoms with Crippen molar-refractivity contribution in [2.24, 2.45) is 0 Å². The molecule has 2 aromatic heterocycles. The topological polar surface area (TPSA) is 66.4 Å². The maximum absolute atomic E-state index is 16.2. The van der Waals surface area contributed by atoms with Gasteiger partial charge in [-0.3, -0.25) is 4.90 Å². The molecule has 1 N–H and O–H groups in total. The van der Waals surface area contributed by atoms with Crippen molar-refractivity contribution < 1.29 is 39.9 Å². The smallest absolute Gasteiger partial charge is 0.417 e. The van der Waals surface area contributed by atoms with Gasteiger partial charge in [0.1, 0.15) is 23.3 Å². The van der Waals surface area contributed by atoms with Gasteiger partial charge in [-0.25, -0.2) is 26.9 Å². The minimum atomic E-state index is -5.06. The van der Waals surface area contributed by atoms with Gasteiger partial charge >= 0.3 is 12.2 Å². The molecule has 2 bridgehead atoms. The number of hydrogen-bond donors (Lipinski definition) is 1. The first-order valence-corrected chi connectivity index (χ1v) is 16.1. The second kappa shape index (κ2) is 12.3. The first-order valence-electron chi connectivity index (χ1n) is 15.3. The van der Waals surface area contributed by atoms with Crippen molar-refractivity contribution in [2.45, 2.75) is 69.0 Å². The highest BCUT2D eigenvalue weighted by Gasteiger charge is 2.40. The third kappa shape index (κ3) is 5.96. The Bertz CT molecular complexity index is 1790. The van der Waals surface area contributed by atoms with E-state index in [-0.39, 0.29) is 29.3 Å². The Hall–Kier alpha value is -3.37. The molecule has 252 valence electrons. The molecule has 4 aliphatic rings. The first-order chi connectivity index (χ1) is 22.4. The van der Waals surface area contributed by atoms with Gasteiger partial charge in [0.2, 0.25) is 0 Å². The van der Waals surface area contributed by atoms with Gasteiger partial charge in [0.25, 0.3) is 6.43 Å². The normalized spacial score (nSPS) is 24.3. The number of hydrogen-bond acceptors (Lipinski definition) is 8. The molecule has 0 saturated carbocycles. The summed E-state index contributed by atoms with van der Waals surface area (Å²) in [7, 11) is 1.25. The van der Waals surface area contributed by atoms with Gasteiger partial charge in [-0.05, 0) is 56.8 Å². The Morgan fingerprint density at radius 2 is 1.74 bits per heavy atom. The van der Waals surface area contributed by atoms with E-state index < -0.39 is 67.8 Å². The SMILES string of the molecule is COc1nc(N2CC3CCC(C2)N3)c2cc(C(F)(F)F)c(-c3ccc(F)c4sc(C(F)F)nc34)c(F)c2n1.FC1CC2CCCN2C1. The number of methoxy groups -OCH3 is 1. The summed E-state index contributed by atoms with van der Waals surface area (Å²) in [5, 5.41) is 2.45. The van der Waals surface area contributed by atoms with Gasteiger partial charge < -0.3 is 15.0 Å². The van der Waals surface area contributed by atoms with Crippen molar-refractivity contribution >= 4 is 38.3 Å². The van der Waals surface area contributed by atoms with Crippen LogP contribution in [0.1, 0.15) is 49.1 Å². The Balaban J connectivity index is 0.000000334. The Morgan fingerprint density at radius 3 is 2.40 bits per heavy atom. The lowest BCUT2D eigenvalue weighted by Gasteiger charge is -2.34. The monoisotopic (exact) mass is 686 g/mol. The van der Waals surface area contributed by atoms with Gasteiger partial charge in [-0.2, -0.15) is 23.1 Å². The fourth-order valence-corrected chi connectivity index (χ4v) is 8.15. The van der Waals surface area contributed by atoms with Crippen LogP contribution in [0.2, 0.25) is 0 Å². The number of nitrogens with zero attached hydrogens (tertiary/aromatic N) is 5. The van der Waals surface area contributed by atoms with Crippen LogP contribution in [0.5, 0.6) is 6.01 Å². The molecular formula is C31H30F8N6OS. The number of benzene rings is 2. The molecule has 4 aliphatic heterocycles. The molecule has 0 radical (unpaired) electrons. The molecule has 7 nitrogen and oxygen atoms in total. The number of nitrogens with one attached hydrogen (secondary N) is 1. The number of alkyl halides is 6. The number of aromatic nitrogens is 3. The minimum absolute atomic E-state index is 0.0964. The summed E-state index contributed by atoms with van der Waals surface area (Å²) >= 11 is 0.299. The lowest BCUT2D eigenvalue weighted by molar-refractivity contribution is -0.137. The average molecular weight is 687 g/mol. The van der Waals surface area contributed by atoms with E-state index in [1.165, 1.54) is 20.0 Å². The zero-order chi connectivity index (χ0) is 33.2. The van der Waals surface area contributed by atoms with Gasteiger partial charge in [-0.1, -0.05) is 0 Å². The van der Waals surface area contributed by atoms with Gasteiger partial charge in [0.15, 0.2) is 10.8 Å². The van der Waals surface area contributed by atoms with Gasteiger partial charge in [0, 0.05) is 54.3 Å². The maximum Gasteiger partial charge on any atom is 0.417 e. The summed E-state index contributed by atoms with van der Waals surface area (Å²) in [6.07, 6.45) is -3.55. The average Bonchev–Trinajstić information content (AvgIpc) is 3.81. The molecular weight excluding hydrogens is 656 g/mol. The molecule has 6 heterocycles. The van der Waals surface area contributed by atoms with E-state index in [4.69, 9.17) is 4.74 Å². The molecule has 2 aromatic carbocycles. The van der Waals surface area contributed by atoms with E-state index in [0.717, 1.165) is 44.0 Å². The second-order valence-corrected chi connectivity index (χ2v) is 13.4. The first kappa shape index (κ1) is 32.2. The highest BCUT2D eigenvalue weighted by molar-refractivity contribution is 7.18. The van der Waals surface area contributed by atoms with E-state index >= 15 is 4.39 Å². The van der Waals surface area contributed by atoms with Gasteiger partial charge in [0.05, 0.1) is 22.9 Å². The van der Waals surface area contributed by atoms with E-state index in [0.29, 0.717) is 37.0 Å². The fraction of sp³-hybridized carbons (Fsp3) is 0.516. The summed E-state index contributed by atoms with van der Waals surface area (Å²) in [5.74, 6) is -2.23. The van der Waals surface area contributed by atoms with E-state index in [1.54, 1.807) is 4.90 Å². The molecule has 16 heteroatoms. The number of thiazole rings is 1. The van der Waals surface area contributed by atoms with Crippen LogP contribution in [0, 0.1) is 11.6 Å². The molecule has 4 saturated heterocycles. The summed E-state index contributed by atoms with van der Waals surface area (Å²) in [5.41, 5.74) is -3.75. The quantitative estimate of drug-likeness (QED) is 0.227. The minimum Gasteiger partial charge on any atom is -0.467 e. The van der Waals surface area contributed by atoms with Crippen LogP contribution in [0.25, 0.3) is 32.2 Å². The third-order valence-electron chi connectivity index (χ3n) is 9.32. The van der Waals surface area contributed by atoms with Crippen molar-refractivity contribution in [3.63, 3.8) is 0 Å². The van der Waals surface area contributed by atoms with Crippen molar-refractivity contribution in [3.8, 4) is 17.1 Å². The lowest BCUT2D eigenvalue weighted by atomic mass is 9.95. The summed E-state index contributed by atoms with van der Waals surface area (Å²) < 4.78 is 118. The van der Waals surface area contributed by atoms with Crippen molar-refractivity contribution in [3.05, 3.63) is 40.4 Å². The summed E-state index contributed by atoms with van der Waals surface area (Å²) in [4.78, 5) is 16.0. The van der Waals surface area contributed by atoms with Gasteiger partial charge in [-0.15, -0.1) is 11.3 Å². The molecule has 4 atom stereocenters. The molecule has 0 amide bonds. The second-order valence-electron chi connectivity index (χ2n) is 12.3. The molecule has 4 fully saturated rings. The van der Waals surface area contributed by atoms with Crippen LogP contribution >= 0.6 is 11.3 Å². The highest BCUT2D eigenvalue weighted by Crippen LogP contribution is 2.46. The molecule has 4 aromatic rings. The molecule has 47 heavy (non-hydrogen) atoms. The summed E-state index contributed by atoms with van der Waals surface area (Å²) in [6, 6.07) is 3.04. The molecule has 0 spiro atoms. The predicted molar refractivity (Wildman–Crippen MR) is 161 cm³/mol. The maximum atomic E-state index is 16.2. The number of ether oxygens (including phenoxy) is 1.